The summed E-state index contributed by atoms with van der Waals surface area (Å²) in [5.41, 5.74) is 1.37. The second-order valence-corrected chi connectivity index (χ2v) is 4.59. The Balaban J connectivity index is 2.26. The molecule has 0 amide bonds. The molecule has 2 aromatic rings. The van der Waals surface area contributed by atoms with Gasteiger partial charge in [-0.05, 0) is 36.6 Å². The fourth-order valence-electron chi connectivity index (χ4n) is 2.22. The first kappa shape index (κ1) is 10.7. The van der Waals surface area contributed by atoms with Gasteiger partial charge in [0.05, 0.1) is 22.6 Å². The van der Waals surface area contributed by atoms with Crippen LogP contribution in [0.5, 0.6) is 0 Å². The molecule has 4 nitrogen and oxygen atoms in total. The first-order valence-electron chi connectivity index (χ1n) is 5.70. The highest BCUT2D eigenvalue weighted by Crippen LogP contribution is 2.48. The zero-order valence-corrected chi connectivity index (χ0v) is 9.55. The van der Waals surface area contributed by atoms with Crippen molar-refractivity contribution in [1.29, 1.82) is 5.26 Å². The summed E-state index contributed by atoms with van der Waals surface area (Å²) in [5.74, 6) is -0.971. The van der Waals surface area contributed by atoms with Gasteiger partial charge in [0, 0.05) is 11.6 Å². The van der Waals surface area contributed by atoms with Crippen molar-refractivity contribution >= 4 is 16.9 Å². The minimum atomic E-state index is -0.971. The number of fused-ring (bicyclic) bond motifs is 1. The molecular formula is C14H10N2O2. The van der Waals surface area contributed by atoms with E-state index in [1.165, 1.54) is 12.3 Å². The third-order valence-electron chi connectivity index (χ3n) is 3.49. The number of carbonyl (C=O) groups is 1. The highest BCUT2D eigenvalue weighted by Gasteiger charge is 2.44. The summed E-state index contributed by atoms with van der Waals surface area (Å²) in [5, 5.41) is 18.9. The van der Waals surface area contributed by atoms with Gasteiger partial charge in [-0.3, -0.25) is 4.98 Å². The maximum atomic E-state index is 11.2. The molecule has 3 rings (SSSR count). The summed E-state index contributed by atoms with van der Waals surface area (Å²) in [6.07, 6.45) is 3.18. The highest BCUT2D eigenvalue weighted by molar-refractivity contribution is 6.02. The van der Waals surface area contributed by atoms with E-state index in [2.05, 4.69) is 11.1 Å². The minimum Gasteiger partial charge on any atom is -0.478 e. The molecule has 0 radical (unpaired) electrons. The van der Waals surface area contributed by atoms with Gasteiger partial charge in [0.25, 0.3) is 0 Å². The second-order valence-electron chi connectivity index (χ2n) is 4.59. The van der Waals surface area contributed by atoms with Gasteiger partial charge in [0.2, 0.25) is 0 Å². The number of carboxylic acids is 1. The predicted molar refractivity (Wildman–Crippen MR) is 65.2 cm³/mol. The molecule has 1 fully saturated rings. The molecule has 0 spiro atoms. The highest BCUT2D eigenvalue weighted by atomic mass is 16.4. The van der Waals surface area contributed by atoms with Crippen LogP contribution >= 0.6 is 0 Å². The summed E-state index contributed by atoms with van der Waals surface area (Å²) in [7, 11) is 0. The Labute approximate surface area is 103 Å². The molecule has 1 N–H and O–H groups in total. The Morgan fingerprint density at radius 2 is 2.17 bits per heavy atom. The largest absolute Gasteiger partial charge is 0.478 e. The molecule has 0 saturated heterocycles. The van der Waals surface area contributed by atoms with Crippen LogP contribution in [0.1, 0.15) is 28.8 Å². The first-order valence-corrected chi connectivity index (χ1v) is 5.70. The van der Waals surface area contributed by atoms with Crippen molar-refractivity contribution in [3.8, 4) is 6.07 Å². The van der Waals surface area contributed by atoms with Crippen LogP contribution in [0, 0.1) is 11.3 Å². The zero-order chi connectivity index (χ0) is 12.8. The van der Waals surface area contributed by atoms with E-state index >= 15 is 0 Å². The van der Waals surface area contributed by atoms with E-state index in [1.54, 1.807) is 12.1 Å². The van der Waals surface area contributed by atoms with Crippen molar-refractivity contribution in [3.63, 3.8) is 0 Å². The van der Waals surface area contributed by atoms with Gasteiger partial charge in [-0.2, -0.15) is 5.26 Å². The SMILES string of the molecule is N#CC1(c2ccc3nccc(C(=O)O)c3c2)CC1. The van der Waals surface area contributed by atoms with E-state index in [0.717, 1.165) is 18.4 Å². The van der Waals surface area contributed by atoms with Crippen molar-refractivity contribution in [2.75, 3.05) is 0 Å². The van der Waals surface area contributed by atoms with Gasteiger partial charge in [-0.1, -0.05) is 6.07 Å². The topological polar surface area (TPSA) is 74.0 Å². The number of aromatic carboxylic acids is 1. The fourth-order valence-corrected chi connectivity index (χ4v) is 2.22. The summed E-state index contributed by atoms with van der Waals surface area (Å²) in [6.45, 7) is 0. The Morgan fingerprint density at radius 3 is 2.78 bits per heavy atom. The Bertz CT molecular complexity index is 696. The molecule has 1 aliphatic carbocycles. The summed E-state index contributed by atoms with van der Waals surface area (Å²) in [6, 6.07) is 9.25. The van der Waals surface area contributed by atoms with Crippen molar-refractivity contribution in [1.82, 2.24) is 4.98 Å². The van der Waals surface area contributed by atoms with Gasteiger partial charge in [-0.25, -0.2) is 4.79 Å². The molecule has 88 valence electrons. The van der Waals surface area contributed by atoms with E-state index in [1.807, 2.05) is 6.07 Å². The van der Waals surface area contributed by atoms with Gasteiger partial charge in [0.15, 0.2) is 0 Å². The molecule has 1 saturated carbocycles. The lowest BCUT2D eigenvalue weighted by Crippen LogP contribution is -2.04. The number of nitriles is 1. The number of carboxylic acid groups (broad SMARTS) is 1. The molecular weight excluding hydrogens is 228 g/mol. The fraction of sp³-hybridized carbons (Fsp3) is 0.214. The summed E-state index contributed by atoms with van der Waals surface area (Å²) in [4.78, 5) is 15.3. The van der Waals surface area contributed by atoms with E-state index in [0.29, 0.717) is 10.9 Å². The number of hydrogen-bond donors (Lipinski definition) is 1. The minimum absolute atomic E-state index is 0.232. The van der Waals surface area contributed by atoms with Crippen molar-refractivity contribution in [2.24, 2.45) is 0 Å². The molecule has 1 aromatic carbocycles. The van der Waals surface area contributed by atoms with Crippen LogP contribution in [-0.2, 0) is 5.41 Å². The molecule has 0 bridgehead atoms. The Kier molecular flexibility index (Phi) is 2.11. The van der Waals surface area contributed by atoms with E-state index < -0.39 is 11.4 Å². The summed E-state index contributed by atoms with van der Waals surface area (Å²) >= 11 is 0. The number of rotatable bonds is 2. The molecule has 1 aromatic heterocycles. The summed E-state index contributed by atoms with van der Waals surface area (Å²) < 4.78 is 0. The lowest BCUT2D eigenvalue weighted by atomic mass is 9.95. The van der Waals surface area contributed by atoms with Crippen molar-refractivity contribution in [2.45, 2.75) is 18.3 Å². The van der Waals surface area contributed by atoms with E-state index in [-0.39, 0.29) is 5.56 Å². The molecule has 0 aliphatic heterocycles. The van der Waals surface area contributed by atoms with E-state index in [4.69, 9.17) is 5.11 Å². The Morgan fingerprint density at radius 1 is 1.39 bits per heavy atom. The standard InChI is InChI=1S/C14H10N2O2/c15-8-14(4-5-14)9-1-2-12-11(7-9)10(13(17)18)3-6-16-12/h1-3,6-7H,4-5H2,(H,17,18). The average Bonchev–Trinajstić information content (AvgIpc) is 3.18. The lowest BCUT2D eigenvalue weighted by Gasteiger charge is -2.08. The van der Waals surface area contributed by atoms with E-state index in [9.17, 15) is 10.1 Å². The molecule has 4 heteroatoms. The van der Waals surface area contributed by atoms with Gasteiger partial charge in [0.1, 0.15) is 0 Å². The maximum Gasteiger partial charge on any atom is 0.336 e. The van der Waals surface area contributed by atoms with Crippen LogP contribution < -0.4 is 0 Å². The number of pyridine rings is 1. The number of hydrogen-bond acceptors (Lipinski definition) is 3. The maximum absolute atomic E-state index is 11.2. The number of aromatic nitrogens is 1. The van der Waals surface area contributed by atoms with Crippen LogP contribution in [0.3, 0.4) is 0 Å². The van der Waals surface area contributed by atoms with Gasteiger partial charge in [-0.15, -0.1) is 0 Å². The van der Waals surface area contributed by atoms with Gasteiger partial charge >= 0.3 is 5.97 Å². The molecule has 0 unspecified atom stereocenters. The third kappa shape index (κ3) is 1.45. The second kappa shape index (κ2) is 3.54. The van der Waals surface area contributed by atoms with Crippen LogP contribution in [0.2, 0.25) is 0 Å². The molecule has 18 heavy (non-hydrogen) atoms. The van der Waals surface area contributed by atoms with Crippen molar-refractivity contribution in [3.05, 3.63) is 41.6 Å². The van der Waals surface area contributed by atoms with Crippen molar-refractivity contribution < 1.29 is 9.90 Å². The monoisotopic (exact) mass is 238 g/mol. The molecule has 1 aliphatic rings. The van der Waals surface area contributed by atoms with Crippen LogP contribution in [-0.4, -0.2) is 16.1 Å². The van der Waals surface area contributed by atoms with Crippen LogP contribution in [0.15, 0.2) is 30.5 Å². The third-order valence-corrected chi connectivity index (χ3v) is 3.49. The smallest absolute Gasteiger partial charge is 0.336 e. The predicted octanol–water partition coefficient (Wildman–Crippen LogP) is 2.49. The number of benzene rings is 1. The Hall–Kier alpha value is -2.41. The molecule has 1 heterocycles. The van der Waals surface area contributed by atoms with Crippen LogP contribution in [0.25, 0.3) is 10.9 Å². The average molecular weight is 238 g/mol. The quantitative estimate of drug-likeness (QED) is 0.872. The van der Waals surface area contributed by atoms with Gasteiger partial charge < -0.3 is 5.11 Å². The zero-order valence-electron chi connectivity index (χ0n) is 9.55. The molecule has 0 atom stereocenters. The lowest BCUT2D eigenvalue weighted by molar-refractivity contribution is 0.0699. The number of nitrogens with zero attached hydrogens (tertiary/aromatic N) is 2. The van der Waals surface area contributed by atoms with Crippen LogP contribution in [0.4, 0.5) is 0 Å². The first-order chi connectivity index (χ1) is 8.66. The normalized spacial score (nSPS) is 16.2.